The predicted molar refractivity (Wildman–Crippen MR) is 122 cm³/mol. The van der Waals surface area contributed by atoms with Crippen LogP contribution in [0.15, 0.2) is 71.5 Å². The van der Waals surface area contributed by atoms with Gasteiger partial charge in [-0.2, -0.15) is 0 Å². The van der Waals surface area contributed by atoms with E-state index in [-0.39, 0.29) is 11.3 Å². The molecule has 0 aliphatic heterocycles. The van der Waals surface area contributed by atoms with Gasteiger partial charge in [-0.25, -0.2) is 9.38 Å². The first-order chi connectivity index (χ1) is 15.9. The zero-order chi connectivity index (χ0) is 23.1. The maximum absolute atomic E-state index is 12.9. The molecule has 5 rings (SSSR count). The first-order valence-corrected chi connectivity index (χ1v) is 10.3. The molecule has 5 aromatic rings. The van der Waals surface area contributed by atoms with Crippen molar-refractivity contribution in [2.45, 2.75) is 0 Å². The summed E-state index contributed by atoms with van der Waals surface area (Å²) in [5, 5.41) is 22.1. The Kier molecular flexibility index (Phi) is 4.79. The van der Waals surface area contributed by atoms with Gasteiger partial charge >= 0.3 is 5.69 Å². The molecule has 0 unspecified atom stereocenters. The lowest BCUT2D eigenvalue weighted by atomic mass is 10.2. The van der Waals surface area contributed by atoms with Gasteiger partial charge < -0.3 is 4.74 Å². The van der Waals surface area contributed by atoms with Gasteiger partial charge in [0.15, 0.2) is 4.96 Å². The molecule has 33 heavy (non-hydrogen) atoms. The number of thiazole rings is 1. The molecule has 3 aromatic carbocycles. The number of hydrogen-bond acceptors (Lipinski definition) is 8. The third-order valence-electron chi connectivity index (χ3n) is 4.90. The molecule has 2 heterocycles. The van der Waals surface area contributed by atoms with Crippen LogP contribution in [-0.2, 0) is 0 Å². The molecule has 2 aromatic heterocycles. The summed E-state index contributed by atoms with van der Waals surface area (Å²) in [6.07, 6.45) is 1.73. The number of nitro benzene ring substituents is 2. The Bertz CT molecular complexity index is 1670. The fourth-order valence-corrected chi connectivity index (χ4v) is 4.36. The fraction of sp³-hybridized carbons (Fsp3) is 0. The summed E-state index contributed by atoms with van der Waals surface area (Å²) in [5.74, 6) is 0.189. The molecule has 10 nitrogen and oxygen atoms in total. The van der Waals surface area contributed by atoms with Crippen molar-refractivity contribution in [3.63, 3.8) is 0 Å². The van der Waals surface area contributed by atoms with Crippen LogP contribution in [0.2, 0.25) is 0 Å². The highest BCUT2D eigenvalue weighted by molar-refractivity contribution is 7.15. The minimum absolute atomic E-state index is 0.115. The number of fused-ring (bicyclic) bond motifs is 3. The molecule has 0 spiro atoms. The molecule has 0 saturated carbocycles. The molecule has 0 amide bonds. The number of imidazole rings is 1. The second kappa shape index (κ2) is 7.80. The largest absolute Gasteiger partial charge is 0.450 e. The summed E-state index contributed by atoms with van der Waals surface area (Å²) < 4.78 is 7.66. The standard InChI is InChI=1S/C22H12N4O6S/c27-21-20(33-22-23-16-3-1-2-4-17(16)24(21)22)11-13-5-8-15(9-6-13)32-19-10-7-14(25(28)29)12-18(19)26(30)31/h1-12H. The van der Waals surface area contributed by atoms with E-state index in [0.717, 1.165) is 28.7 Å². The van der Waals surface area contributed by atoms with E-state index in [0.29, 0.717) is 15.2 Å². The van der Waals surface area contributed by atoms with E-state index < -0.39 is 21.2 Å². The summed E-state index contributed by atoms with van der Waals surface area (Å²) in [7, 11) is 0. The number of rotatable bonds is 5. The van der Waals surface area contributed by atoms with Crippen LogP contribution >= 0.6 is 11.3 Å². The number of nitro groups is 2. The molecule has 11 heteroatoms. The lowest BCUT2D eigenvalue weighted by molar-refractivity contribution is -0.394. The number of nitrogens with zero attached hydrogens (tertiary/aromatic N) is 4. The third-order valence-corrected chi connectivity index (χ3v) is 5.87. The zero-order valence-electron chi connectivity index (χ0n) is 16.6. The second-order valence-electron chi connectivity index (χ2n) is 6.97. The normalized spacial score (nSPS) is 11.8. The van der Waals surface area contributed by atoms with Gasteiger partial charge in [0, 0.05) is 6.07 Å². The topological polar surface area (TPSA) is 130 Å². The molecule has 0 fully saturated rings. The van der Waals surface area contributed by atoms with Gasteiger partial charge in [-0.1, -0.05) is 35.6 Å². The molecule has 0 atom stereocenters. The number of hydrogen-bond donors (Lipinski definition) is 0. The van der Waals surface area contributed by atoms with Crippen LogP contribution in [0, 0.1) is 20.2 Å². The van der Waals surface area contributed by atoms with Gasteiger partial charge in [-0.3, -0.25) is 25.0 Å². The maximum atomic E-state index is 12.9. The van der Waals surface area contributed by atoms with E-state index in [1.54, 1.807) is 34.7 Å². The van der Waals surface area contributed by atoms with Crippen LogP contribution in [0.5, 0.6) is 11.5 Å². The van der Waals surface area contributed by atoms with Crippen molar-refractivity contribution in [3.8, 4) is 11.5 Å². The molecule has 162 valence electrons. The molecular weight excluding hydrogens is 448 g/mol. The summed E-state index contributed by atoms with van der Waals surface area (Å²) in [6, 6.07) is 17.2. The van der Waals surface area contributed by atoms with Gasteiger partial charge in [0.05, 0.1) is 31.5 Å². The number of non-ortho nitro benzene ring substituents is 1. The van der Waals surface area contributed by atoms with Crippen LogP contribution < -0.4 is 14.8 Å². The number of benzene rings is 3. The van der Waals surface area contributed by atoms with E-state index in [9.17, 15) is 25.0 Å². The van der Waals surface area contributed by atoms with E-state index in [1.807, 2.05) is 24.3 Å². The Hall–Kier alpha value is -4.64. The predicted octanol–water partition coefficient (Wildman–Crippen LogP) is 4.07. The molecule has 0 radical (unpaired) electrons. The third kappa shape index (κ3) is 3.66. The number of aromatic nitrogens is 2. The van der Waals surface area contributed by atoms with Crippen LogP contribution in [0.3, 0.4) is 0 Å². The Morgan fingerprint density at radius 1 is 0.970 bits per heavy atom. The van der Waals surface area contributed by atoms with Crippen LogP contribution in [0.25, 0.3) is 22.1 Å². The van der Waals surface area contributed by atoms with Crippen molar-refractivity contribution in [3.05, 3.63) is 107 Å². The summed E-state index contributed by atoms with van der Waals surface area (Å²) in [4.78, 5) is 38.6. The van der Waals surface area contributed by atoms with Crippen LogP contribution in [-0.4, -0.2) is 19.2 Å². The SMILES string of the molecule is O=c1c(=Cc2ccc(Oc3ccc([N+](=O)[O-])cc3[N+](=O)[O-])cc2)sc2nc3ccccc3n12. The highest BCUT2D eigenvalue weighted by atomic mass is 32.1. The Morgan fingerprint density at radius 2 is 1.73 bits per heavy atom. The summed E-state index contributed by atoms with van der Waals surface area (Å²) in [6.45, 7) is 0. The quantitative estimate of drug-likeness (QED) is 0.285. The average molecular weight is 460 g/mol. The maximum Gasteiger partial charge on any atom is 0.318 e. The monoisotopic (exact) mass is 460 g/mol. The van der Waals surface area contributed by atoms with Crippen molar-refractivity contribution in [2.75, 3.05) is 0 Å². The first-order valence-electron chi connectivity index (χ1n) is 9.53. The van der Waals surface area contributed by atoms with Crippen molar-refractivity contribution >= 4 is 44.8 Å². The lowest BCUT2D eigenvalue weighted by Gasteiger charge is -2.06. The molecule has 0 aliphatic rings. The molecule has 0 N–H and O–H groups in total. The first kappa shape index (κ1) is 20.3. The Labute approximate surface area is 187 Å². The molecule has 0 bridgehead atoms. The lowest BCUT2D eigenvalue weighted by Crippen LogP contribution is -2.22. The van der Waals surface area contributed by atoms with E-state index in [2.05, 4.69) is 4.98 Å². The van der Waals surface area contributed by atoms with E-state index >= 15 is 0 Å². The van der Waals surface area contributed by atoms with Gasteiger partial charge in [0.25, 0.3) is 11.2 Å². The number of ether oxygens (including phenoxy) is 1. The number of para-hydroxylation sites is 2. The molecule has 0 saturated heterocycles. The molecular formula is C22H12N4O6S. The van der Waals surface area contributed by atoms with E-state index in [1.165, 1.54) is 17.4 Å². The van der Waals surface area contributed by atoms with Crippen LogP contribution in [0.4, 0.5) is 11.4 Å². The smallest absolute Gasteiger partial charge is 0.318 e. The van der Waals surface area contributed by atoms with Gasteiger partial charge in [0.2, 0.25) is 5.75 Å². The van der Waals surface area contributed by atoms with Crippen molar-refractivity contribution < 1.29 is 14.6 Å². The highest BCUT2D eigenvalue weighted by Gasteiger charge is 2.21. The minimum Gasteiger partial charge on any atom is -0.450 e. The van der Waals surface area contributed by atoms with Crippen molar-refractivity contribution in [1.29, 1.82) is 0 Å². The second-order valence-corrected chi connectivity index (χ2v) is 7.98. The van der Waals surface area contributed by atoms with Gasteiger partial charge in [-0.15, -0.1) is 0 Å². The van der Waals surface area contributed by atoms with Gasteiger partial charge in [0.1, 0.15) is 5.75 Å². The van der Waals surface area contributed by atoms with E-state index in [4.69, 9.17) is 4.74 Å². The summed E-state index contributed by atoms with van der Waals surface area (Å²) >= 11 is 1.28. The van der Waals surface area contributed by atoms with Crippen LogP contribution in [0.1, 0.15) is 5.56 Å². The highest BCUT2D eigenvalue weighted by Crippen LogP contribution is 2.34. The summed E-state index contributed by atoms with van der Waals surface area (Å²) in [5.41, 5.74) is 1.17. The fourth-order valence-electron chi connectivity index (χ4n) is 3.37. The van der Waals surface area contributed by atoms with Gasteiger partial charge in [-0.05, 0) is 42.0 Å². The minimum atomic E-state index is -0.739. The van der Waals surface area contributed by atoms with Crippen molar-refractivity contribution in [2.24, 2.45) is 0 Å². The molecule has 0 aliphatic carbocycles. The van der Waals surface area contributed by atoms with Crippen molar-refractivity contribution in [1.82, 2.24) is 9.38 Å². The zero-order valence-corrected chi connectivity index (χ0v) is 17.4. The Morgan fingerprint density at radius 3 is 2.45 bits per heavy atom. The Balaban J connectivity index is 1.46. The average Bonchev–Trinajstić information content (AvgIpc) is 3.31.